The molecular weight excluding hydrogens is 252 g/mol. The van der Waals surface area contributed by atoms with Crippen LogP contribution in [0.15, 0.2) is 24.3 Å². The van der Waals surface area contributed by atoms with Crippen molar-refractivity contribution in [2.45, 2.75) is 58.0 Å². The van der Waals surface area contributed by atoms with Gasteiger partial charge in [-0.2, -0.15) is 0 Å². The third-order valence-corrected chi connectivity index (χ3v) is 3.97. The van der Waals surface area contributed by atoms with E-state index in [1.54, 1.807) is 0 Å². The summed E-state index contributed by atoms with van der Waals surface area (Å²) in [5.74, 6) is 1.07. The predicted molar refractivity (Wildman–Crippen MR) is 79.2 cm³/mol. The van der Waals surface area contributed by atoms with Gasteiger partial charge in [0.15, 0.2) is 0 Å². The van der Waals surface area contributed by atoms with Crippen molar-refractivity contribution in [1.29, 1.82) is 0 Å². The summed E-state index contributed by atoms with van der Waals surface area (Å²) in [6.07, 6.45) is 4.85. The number of carboxylic acid groups (broad SMARTS) is 1. The summed E-state index contributed by atoms with van der Waals surface area (Å²) in [4.78, 5) is 10.8. The van der Waals surface area contributed by atoms with Crippen molar-refractivity contribution in [1.82, 2.24) is 0 Å². The number of hydrogen-bond acceptors (Lipinski definition) is 2. The number of carboxylic acids is 1. The quantitative estimate of drug-likeness (QED) is 0.875. The lowest BCUT2D eigenvalue weighted by molar-refractivity contribution is -0.138. The lowest BCUT2D eigenvalue weighted by Crippen LogP contribution is -2.17. The van der Waals surface area contributed by atoms with Crippen LogP contribution in [-0.4, -0.2) is 17.2 Å². The number of benzene rings is 1. The number of ether oxygens (including phenoxy) is 1. The van der Waals surface area contributed by atoms with Crippen LogP contribution < -0.4 is 4.74 Å². The minimum Gasteiger partial charge on any atom is -0.491 e. The van der Waals surface area contributed by atoms with Crippen molar-refractivity contribution in [3.63, 3.8) is 0 Å². The second kappa shape index (κ2) is 6.78. The number of carbonyl (C=O) groups is 1. The van der Waals surface area contributed by atoms with Crippen molar-refractivity contribution >= 4 is 5.97 Å². The molecule has 0 bridgehead atoms. The lowest BCUT2D eigenvalue weighted by Gasteiger charge is -2.28. The summed E-state index contributed by atoms with van der Waals surface area (Å²) >= 11 is 0. The average Bonchev–Trinajstić information content (AvgIpc) is 2.38. The Balaban J connectivity index is 1.98. The fraction of sp³-hybridized carbons (Fsp3) is 0.588. The molecule has 0 aliphatic heterocycles. The smallest absolute Gasteiger partial charge is 0.303 e. The maximum atomic E-state index is 10.8. The van der Waals surface area contributed by atoms with Gasteiger partial charge >= 0.3 is 5.97 Å². The largest absolute Gasteiger partial charge is 0.491 e. The van der Waals surface area contributed by atoms with Gasteiger partial charge in [-0.25, -0.2) is 0 Å². The molecule has 1 aliphatic carbocycles. The lowest BCUT2D eigenvalue weighted by atomic mass is 9.77. The van der Waals surface area contributed by atoms with E-state index in [9.17, 15) is 4.79 Å². The molecule has 3 heteroatoms. The first-order valence-corrected chi connectivity index (χ1v) is 7.53. The highest BCUT2D eigenvalue weighted by atomic mass is 16.5. The van der Waals surface area contributed by atoms with E-state index in [1.807, 2.05) is 26.0 Å². The van der Waals surface area contributed by atoms with E-state index in [0.717, 1.165) is 25.0 Å². The van der Waals surface area contributed by atoms with Crippen LogP contribution in [0.1, 0.15) is 57.4 Å². The Labute approximate surface area is 121 Å². The van der Waals surface area contributed by atoms with Gasteiger partial charge in [0, 0.05) is 6.42 Å². The molecule has 3 nitrogen and oxygen atoms in total. The summed E-state index contributed by atoms with van der Waals surface area (Å²) in [6.45, 7) is 4.04. The highest BCUT2D eigenvalue weighted by Gasteiger charge is 2.24. The zero-order valence-electron chi connectivity index (χ0n) is 12.3. The zero-order valence-corrected chi connectivity index (χ0v) is 12.3. The fourth-order valence-corrected chi connectivity index (χ4v) is 3.12. The van der Waals surface area contributed by atoms with E-state index >= 15 is 0 Å². The van der Waals surface area contributed by atoms with Crippen LogP contribution in [0, 0.1) is 5.92 Å². The molecule has 0 saturated heterocycles. The van der Waals surface area contributed by atoms with Crippen LogP contribution in [0.5, 0.6) is 5.75 Å². The Morgan fingerprint density at radius 3 is 2.60 bits per heavy atom. The molecule has 110 valence electrons. The van der Waals surface area contributed by atoms with Crippen LogP contribution in [0.2, 0.25) is 0 Å². The zero-order chi connectivity index (χ0) is 14.5. The normalized spacial score (nSPS) is 22.8. The minimum absolute atomic E-state index is 0.190. The molecular formula is C17H24O3. The molecule has 0 heterocycles. The van der Waals surface area contributed by atoms with Gasteiger partial charge < -0.3 is 9.84 Å². The third kappa shape index (κ3) is 4.26. The average molecular weight is 276 g/mol. The van der Waals surface area contributed by atoms with E-state index in [0.29, 0.717) is 18.3 Å². The van der Waals surface area contributed by atoms with E-state index in [4.69, 9.17) is 9.84 Å². The van der Waals surface area contributed by atoms with Crippen LogP contribution in [-0.2, 0) is 4.79 Å². The molecule has 0 amide bonds. The van der Waals surface area contributed by atoms with Gasteiger partial charge in [0.1, 0.15) is 5.75 Å². The van der Waals surface area contributed by atoms with Crippen LogP contribution in [0.3, 0.4) is 0 Å². The maximum absolute atomic E-state index is 10.8. The third-order valence-electron chi connectivity index (χ3n) is 3.97. The van der Waals surface area contributed by atoms with Crippen molar-refractivity contribution in [2.75, 3.05) is 0 Å². The van der Waals surface area contributed by atoms with Gasteiger partial charge in [-0.3, -0.25) is 4.79 Å². The first-order chi connectivity index (χ1) is 9.54. The second-order valence-electron chi connectivity index (χ2n) is 6.06. The van der Waals surface area contributed by atoms with Gasteiger partial charge in [-0.1, -0.05) is 18.6 Å². The second-order valence-corrected chi connectivity index (χ2v) is 6.06. The Morgan fingerprint density at radius 1 is 1.30 bits per heavy atom. The molecule has 2 atom stereocenters. The molecule has 0 radical (unpaired) electrons. The van der Waals surface area contributed by atoms with Gasteiger partial charge in [0.25, 0.3) is 0 Å². The Morgan fingerprint density at radius 2 is 2.00 bits per heavy atom. The van der Waals surface area contributed by atoms with Crippen molar-refractivity contribution in [3.05, 3.63) is 29.8 Å². The van der Waals surface area contributed by atoms with Gasteiger partial charge in [0.2, 0.25) is 0 Å². The van der Waals surface area contributed by atoms with E-state index in [1.165, 1.54) is 12.0 Å². The summed E-state index contributed by atoms with van der Waals surface area (Å²) in [5, 5.41) is 8.93. The Bertz CT molecular complexity index is 436. The Kier molecular flexibility index (Phi) is 5.05. The van der Waals surface area contributed by atoms with Gasteiger partial charge in [0.05, 0.1) is 6.10 Å². The van der Waals surface area contributed by atoms with E-state index in [-0.39, 0.29) is 6.10 Å². The molecule has 1 aromatic rings. The van der Waals surface area contributed by atoms with Crippen molar-refractivity contribution in [2.24, 2.45) is 5.92 Å². The number of hydrogen-bond donors (Lipinski definition) is 1. The number of rotatable bonds is 5. The summed E-state index contributed by atoms with van der Waals surface area (Å²) < 4.78 is 5.65. The summed E-state index contributed by atoms with van der Waals surface area (Å²) in [6, 6.07) is 8.31. The van der Waals surface area contributed by atoms with E-state index < -0.39 is 5.97 Å². The highest BCUT2D eigenvalue weighted by Crippen LogP contribution is 2.38. The van der Waals surface area contributed by atoms with Crippen LogP contribution in [0.4, 0.5) is 0 Å². The molecule has 2 rings (SSSR count). The number of aliphatic carboxylic acids is 1. The predicted octanol–water partition coefficient (Wildman–Crippen LogP) is 4.22. The first-order valence-electron chi connectivity index (χ1n) is 7.53. The summed E-state index contributed by atoms with van der Waals surface area (Å²) in [5.41, 5.74) is 1.32. The fourth-order valence-electron chi connectivity index (χ4n) is 3.12. The summed E-state index contributed by atoms with van der Waals surface area (Å²) in [7, 11) is 0. The van der Waals surface area contributed by atoms with Crippen molar-refractivity contribution in [3.8, 4) is 5.75 Å². The standard InChI is InChI=1S/C17H24O3/c1-12(2)20-16-8-6-14(7-9-16)15-5-3-4-13(10-15)11-17(18)19/h6-9,12-13,15H,3-5,10-11H2,1-2H3,(H,18,19)/t13-,15-/m0/s1. The van der Waals surface area contributed by atoms with Gasteiger partial charge in [-0.15, -0.1) is 0 Å². The minimum atomic E-state index is -0.670. The molecule has 0 aromatic heterocycles. The molecule has 1 saturated carbocycles. The van der Waals surface area contributed by atoms with Crippen molar-refractivity contribution < 1.29 is 14.6 Å². The topological polar surface area (TPSA) is 46.5 Å². The maximum Gasteiger partial charge on any atom is 0.303 e. The SMILES string of the molecule is CC(C)Oc1ccc([C@H]2CCC[C@H](CC(=O)O)C2)cc1. The van der Waals surface area contributed by atoms with E-state index in [2.05, 4.69) is 12.1 Å². The Hall–Kier alpha value is -1.51. The first kappa shape index (κ1) is 14.9. The van der Waals surface area contributed by atoms with Crippen LogP contribution in [0.25, 0.3) is 0 Å². The molecule has 1 N–H and O–H groups in total. The molecule has 0 unspecified atom stereocenters. The molecule has 0 spiro atoms. The molecule has 1 aliphatic rings. The molecule has 1 aromatic carbocycles. The highest BCUT2D eigenvalue weighted by molar-refractivity contribution is 5.67. The van der Waals surface area contributed by atoms with Gasteiger partial charge in [-0.05, 0) is 62.6 Å². The monoisotopic (exact) mass is 276 g/mol. The molecule has 1 fully saturated rings. The van der Waals surface area contributed by atoms with Crippen LogP contribution >= 0.6 is 0 Å². The molecule has 20 heavy (non-hydrogen) atoms.